The third-order valence-electron chi connectivity index (χ3n) is 10.1. The Bertz CT molecular complexity index is 1590. The van der Waals surface area contributed by atoms with Crippen LogP contribution < -0.4 is 5.32 Å². The molecule has 1 aliphatic heterocycles. The van der Waals surface area contributed by atoms with Crippen LogP contribution in [0.25, 0.3) is 0 Å². The number of amides is 2. The van der Waals surface area contributed by atoms with Crippen LogP contribution in [0.3, 0.4) is 0 Å². The van der Waals surface area contributed by atoms with Crippen molar-refractivity contribution in [1.82, 2.24) is 4.90 Å². The van der Waals surface area contributed by atoms with Crippen molar-refractivity contribution in [2.75, 3.05) is 5.32 Å². The number of fused-ring (bicyclic) bond motifs is 1. The van der Waals surface area contributed by atoms with Crippen molar-refractivity contribution in [1.29, 1.82) is 0 Å². The van der Waals surface area contributed by atoms with Gasteiger partial charge in [0.1, 0.15) is 5.82 Å². The zero-order chi connectivity index (χ0) is 31.2. The molecule has 0 saturated heterocycles. The maximum Gasteiger partial charge on any atom is 0.310 e. The summed E-state index contributed by atoms with van der Waals surface area (Å²) in [6.45, 7) is 6.91. The molecule has 1 heterocycles. The fraction of sp³-hybridized carbons (Fsp3) is 0.432. The first kappa shape index (κ1) is 30.0. The molecule has 0 aromatic heterocycles. The molecule has 3 atom stereocenters. The lowest BCUT2D eigenvalue weighted by atomic mass is 9.82. The predicted molar refractivity (Wildman–Crippen MR) is 168 cm³/mol. The molecule has 3 aromatic carbocycles. The molecule has 3 unspecified atom stereocenters. The predicted octanol–water partition coefficient (Wildman–Crippen LogP) is 7.57. The number of anilines is 1. The normalized spacial score (nSPS) is 22.1. The van der Waals surface area contributed by atoms with E-state index in [1.54, 1.807) is 17.0 Å². The Hall–Kier alpha value is -4.00. The molecule has 2 fully saturated rings. The zero-order valence-electron chi connectivity index (χ0n) is 25.7. The van der Waals surface area contributed by atoms with Crippen LogP contribution in [-0.2, 0) is 29.1 Å². The number of carboxylic acid groups (broad SMARTS) is 1. The van der Waals surface area contributed by atoms with Crippen molar-refractivity contribution in [3.8, 4) is 0 Å². The molecule has 7 heteroatoms. The summed E-state index contributed by atoms with van der Waals surface area (Å²) in [5.41, 5.74) is 3.49. The van der Waals surface area contributed by atoms with E-state index in [9.17, 15) is 23.9 Å². The fourth-order valence-corrected chi connectivity index (χ4v) is 7.75. The van der Waals surface area contributed by atoms with Gasteiger partial charge in [-0.15, -0.1) is 0 Å². The van der Waals surface area contributed by atoms with E-state index in [4.69, 9.17) is 0 Å². The van der Waals surface area contributed by atoms with Crippen molar-refractivity contribution in [3.05, 3.63) is 100 Å². The van der Waals surface area contributed by atoms with Crippen LogP contribution in [0.15, 0.2) is 66.7 Å². The maximum absolute atomic E-state index is 14.2. The highest BCUT2D eigenvalue weighted by atomic mass is 19.1. The summed E-state index contributed by atoms with van der Waals surface area (Å²) in [5.74, 6) is -1.30. The number of rotatable bonds is 9. The second-order valence-corrected chi connectivity index (χ2v) is 14.1. The molecular formula is C37H41FN2O4. The van der Waals surface area contributed by atoms with E-state index in [0.717, 1.165) is 42.4 Å². The number of carbonyl (C=O) groups excluding carboxylic acids is 2. The van der Waals surface area contributed by atoms with Crippen LogP contribution in [0.4, 0.5) is 10.1 Å². The third-order valence-corrected chi connectivity index (χ3v) is 10.1. The van der Waals surface area contributed by atoms with Gasteiger partial charge in [0, 0.05) is 23.4 Å². The van der Waals surface area contributed by atoms with Gasteiger partial charge in [-0.3, -0.25) is 14.4 Å². The van der Waals surface area contributed by atoms with E-state index >= 15 is 0 Å². The van der Waals surface area contributed by atoms with Gasteiger partial charge in [0.2, 0.25) is 5.91 Å². The van der Waals surface area contributed by atoms with Crippen molar-refractivity contribution >= 4 is 23.5 Å². The molecule has 0 bridgehead atoms. The fourth-order valence-electron chi connectivity index (χ4n) is 7.75. The number of hydrogen-bond donors (Lipinski definition) is 2. The topological polar surface area (TPSA) is 86.7 Å². The Labute approximate surface area is 258 Å². The lowest BCUT2D eigenvalue weighted by Crippen LogP contribution is -2.27. The van der Waals surface area contributed by atoms with Crippen LogP contribution in [0, 0.1) is 28.5 Å². The Kier molecular flexibility index (Phi) is 7.85. The van der Waals surface area contributed by atoms with E-state index in [0.29, 0.717) is 36.2 Å². The quantitative estimate of drug-likeness (QED) is 0.267. The number of hydrogen-bond acceptors (Lipinski definition) is 3. The summed E-state index contributed by atoms with van der Waals surface area (Å²) in [6, 6.07) is 20.1. The van der Waals surface area contributed by atoms with Crippen LogP contribution in [0.1, 0.15) is 91.4 Å². The molecule has 6 rings (SSSR count). The average Bonchev–Trinajstić information content (AvgIpc) is 3.33. The summed E-state index contributed by atoms with van der Waals surface area (Å²) >= 11 is 0. The van der Waals surface area contributed by atoms with Gasteiger partial charge in [-0.2, -0.15) is 0 Å². The molecule has 0 radical (unpaired) electrons. The Morgan fingerprint density at radius 2 is 1.73 bits per heavy atom. The molecule has 2 aliphatic carbocycles. The van der Waals surface area contributed by atoms with Gasteiger partial charge >= 0.3 is 5.97 Å². The molecule has 0 spiro atoms. The molecule has 3 aliphatic rings. The lowest BCUT2D eigenvalue weighted by molar-refractivity contribution is -0.144. The third kappa shape index (κ3) is 5.76. The minimum atomic E-state index is -0.758. The van der Waals surface area contributed by atoms with Crippen molar-refractivity contribution in [2.45, 2.75) is 78.3 Å². The average molecular weight is 597 g/mol. The van der Waals surface area contributed by atoms with Crippen LogP contribution in [0.5, 0.6) is 0 Å². The van der Waals surface area contributed by atoms with Crippen molar-refractivity contribution in [2.24, 2.45) is 22.7 Å². The summed E-state index contributed by atoms with van der Waals surface area (Å²) in [6.07, 6.45) is 5.28. The first-order valence-electron chi connectivity index (χ1n) is 15.7. The number of aliphatic carboxylic acids is 1. The molecule has 2 N–H and O–H groups in total. The van der Waals surface area contributed by atoms with Gasteiger partial charge in [-0.05, 0) is 83.9 Å². The Morgan fingerprint density at radius 3 is 2.36 bits per heavy atom. The minimum absolute atomic E-state index is 0.0608. The van der Waals surface area contributed by atoms with E-state index < -0.39 is 11.4 Å². The number of benzene rings is 3. The second-order valence-electron chi connectivity index (χ2n) is 14.1. The second kappa shape index (κ2) is 11.5. The summed E-state index contributed by atoms with van der Waals surface area (Å²) < 4.78 is 14.2. The number of nitrogens with one attached hydrogen (secondary N) is 1. The SMILES string of the molecule is CC(C)(C)C1CC1(Cc1cccc(NC(=O)C(c2ccc(CN3Cc4c(F)cccc4C3=O)cc2)C2CCCC2)c1)C(=O)O. The molecule has 44 heavy (non-hydrogen) atoms. The van der Waals surface area contributed by atoms with Crippen molar-refractivity contribution < 1.29 is 23.9 Å². The number of carboxylic acids is 1. The van der Waals surface area contributed by atoms with Gasteiger partial charge in [-0.1, -0.05) is 76.1 Å². The smallest absolute Gasteiger partial charge is 0.310 e. The van der Waals surface area contributed by atoms with E-state index in [1.165, 1.54) is 6.07 Å². The van der Waals surface area contributed by atoms with Crippen LogP contribution >= 0.6 is 0 Å². The maximum atomic E-state index is 14.2. The highest BCUT2D eigenvalue weighted by Gasteiger charge is 2.63. The van der Waals surface area contributed by atoms with Crippen LogP contribution in [-0.4, -0.2) is 27.8 Å². The molecule has 230 valence electrons. The van der Waals surface area contributed by atoms with E-state index in [1.807, 2.05) is 48.5 Å². The Balaban J connectivity index is 1.16. The van der Waals surface area contributed by atoms with Gasteiger partial charge in [0.15, 0.2) is 0 Å². The first-order valence-corrected chi connectivity index (χ1v) is 15.7. The van der Waals surface area contributed by atoms with E-state index in [-0.39, 0.29) is 47.3 Å². The standard InChI is InChI=1S/C37H41FN2O4/c1-36(2,3)31-20-37(31,35(43)44)19-24-8-6-11-27(18-24)39-33(41)32(25-9-4-5-10-25)26-16-14-23(15-17-26)21-40-22-29-28(34(40)42)12-7-13-30(29)38/h6-8,11-18,25,31-32H,4-5,9-10,19-22H2,1-3H3,(H,39,41)(H,43,44). The van der Waals surface area contributed by atoms with Gasteiger partial charge < -0.3 is 15.3 Å². The molecule has 6 nitrogen and oxygen atoms in total. The number of halogens is 1. The summed E-state index contributed by atoms with van der Waals surface area (Å²) in [4.78, 5) is 40.7. The first-order chi connectivity index (χ1) is 21.0. The summed E-state index contributed by atoms with van der Waals surface area (Å²) in [7, 11) is 0. The molecular weight excluding hydrogens is 555 g/mol. The Morgan fingerprint density at radius 1 is 1.02 bits per heavy atom. The van der Waals surface area contributed by atoms with Crippen LogP contribution in [0.2, 0.25) is 0 Å². The molecule has 2 saturated carbocycles. The molecule has 3 aromatic rings. The number of carbonyl (C=O) groups is 3. The highest BCUT2D eigenvalue weighted by molar-refractivity contribution is 5.98. The minimum Gasteiger partial charge on any atom is -0.481 e. The van der Waals surface area contributed by atoms with Gasteiger partial charge in [0.25, 0.3) is 5.91 Å². The lowest BCUT2D eigenvalue weighted by Gasteiger charge is -2.24. The zero-order valence-corrected chi connectivity index (χ0v) is 25.7. The monoisotopic (exact) mass is 596 g/mol. The summed E-state index contributed by atoms with van der Waals surface area (Å²) in [5, 5.41) is 13.2. The number of nitrogens with zero attached hydrogens (tertiary/aromatic N) is 1. The van der Waals surface area contributed by atoms with Crippen molar-refractivity contribution in [3.63, 3.8) is 0 Å². The molecule has 2 amide bonds. The highest BCUT2D eigenvalue weighted by Crippen LogP contribution is 2.62. The largest absolute Gasteiger partial charge is 0.481 e. The van der Waals surface area contributed by atoms with Gasteiger partial charge in [0.05, 0.1) is 17.9 Å². The van der Waals surface area contributed by atoms with E-state index in [2.05, 4.69) is 26.1 Å². The van der Waals surface area contributed by atoms with Gasteiger partial charge in [-0.25, -0.2) is 4.39 Å².